The van der Waals surface area contributed by atoms with E-state index >= 15 is 0 Å². The molecule has 1 aromatic rings. The molecule has 2 saturated heterocycles. The van der Waals surface area contributed by atoms with Crippen LogP contribution in [0.5, 0.6) is 0 Å². The minimum Gasteiger partial charge on any atom is -0.306 e. The summed E-state index contributed by atoms with van der Waals surface area (Å²) >= 11 is 3.40. The van der Waals surface area contributed by atoms with Gasteiger partial charge in [-0.05, 0) is 43.1 Å². The van der Waals surface area contributed by atoms with Crippen LogP contribution in [-0.2, 0) is 14.6 Å². The molecule has 1 amide bonds. The number of carbonyl (C=O) groups excluding carboxylic acids is 1. The number of sulfone groups is 1. The first kappa shape index (κ1) is 17.9. The van der Waals surface area contributed by atoms with Crippen molar-refractivity contribution in [1.29, 1.82) is 0 Å². The molecule has 0 saturated carbocycles. The number of nitrogens with zero attached hydrogens (tertiary/aromatic N) is 2. The molecule has 0 aromatic heterocycles. The molecule has 2 atom stereocenters. The van der Waals surface area contributed by atoms with Crippen molar-refractivity contribution >= 4 is 37.4 Å². The molecule has 2 aliphatic heterocycles. The summed E-state index contributed by atoms with van der Waals surface area (Å²) in [6, 6.07) is 7.11. The lowest BCUT2D eigenvalue weighted by molar-refractivity contribution is -0.123. The number of anilines is 1. The maximum atomic E-state index is 12.8. The predicted molar refractivity (Wildman–Crippen MR) is 98.9 cm³/mol. The number of benzene rings is 1. The number of amides is 1. The lowest BCUT2D eigenvalue weighted by atomic mass is 10.0. The highest BCUT2D eigenvalue weighted by Crippen LogP contribution is 2.32. The van der Waals surface area contributed by atoms with Crippen LogP contribution in [0, 0.1) is 5.92 Å². The van der Waals surface area contributed by atoms with Crippen molar-refractivity contribution in [3.05, 3.63) is 28.7 Å². The Kier molecular flexibility index (Phi) is 5.04. The average Bonchev–Trinajstić information content (AvgIpc) is 2.81. The topological polar surface area (TPSA) is 57.7 Å². The number of hydrogen-bond acceptors (Lipinski definition) is 4. The third-order valence-corrected chi connectivity index (χ3v) is 7.03. The third kappa shape index (κ3) is 3.68. The molecular weight excluding hydrogens is 392 g/mol. The fourth-order valence-electron chi connectivity index (χ4n) is 3.56. The van der Waals surface area contributed by atoms with Gasteiger partial charge in [-0.15, -0.1) is 0 Å². The van der Waals surface area contributed by atoms with Crippen molar-refractivity contribution in [3.63, 3.8) is 0 Å². The SMILES string of the molecule is CC(C)CCN1CC(=O)N(c2ccc(Br)cc2)[C@H]2CS(=O)(=O)C[C@@H]21. The van der Waals surface area contributed by atoms with Gasteiger partial charge < -0.3 is 4.90 Å². The molecule has 2 heterocycles. The maximum absolute atomic E-state index is 12.8. The molecule has 0 N–H and O–H groups in total. The largest absolute Gasteiger partial charge is 0.306 e. The van der Waals surface area contributed by atoms with Crippen LogP contribution in [-0.4, -0.2) is 55.9 Å². The summed E-state index contributed by atoms with van der Waals surface area (Å²) in [5.74, 6) is 0.716. The fraction of sp³-hybridized carbons (Fsp3) is 0.588. The van der Waals surface area contributed by atoms with Crippen molar-refractivity contribution in [2.24, 2.45) is 5.92 Å². The lowest BCUT2D eigenvalue weighted by Gasteiger charge is -2.43. The number of rotatable bonds is 4. The molecule has 2 aliphatic rings. The Morgan fingerprint density at radius 1 is 1.17 bits per heavy atom. The number of piperazine rings is 1. The molecule has 3 rings (SSSR count). The zero-order chi connectivity index (χ0) is 17.5. The van der Waals surface area contributed by atoms with Gasteiger partial charge in [-0.2, -0.15) is 0 Å². The molecule has 2 fully saturated rings. The summed E-state index contributed by atoms with van der Waals surface area (Å²) in [5.41, 5.74) is 0.777. The van der Waals surface area contributed by atoms with E-state index in [4.69, 9.17) is 0 Å². The van der Waals surface area contributed by atoms with Gasteiger partial charge >= 0.3 is 0 Å². The molecule has 0 bridgehead atoms. The Bertz CT molecular complexity index is 718. The summed E-state index contributed by atoms with van der Waals surface area (Å²) < 4.78 is 25.4. The van der Waals surface area contributed by atoms with E-state index in [9.17, 15) is 13.2 Å². The standard InChI is InChI=1S/C17H23BrN2O3S/c1-12(2)7-8-19-9-17(21)20(14-5-3-13(18)4-6-14)16-11-24(22,23)10-15(16)19/h3-6,12,15-16H,7-11H2,1-2H3/t15-,16-/m0/s1. The van der Waals surface area contributed by atoms with Gasteiger partial charge in [0.2, 0.25) is 5.91 Å². The molecule has 0 unspecified atom stereocenters. The number of carbonyl (C=O) groups is 1. The van der Waals surface area contributed by atoms with Crippen LogP contribution < -0.4 is 4.90 Å². The zero-order valence-corrected chi connectivity index (χ0v) is 16.4. The van der Waals surface area contributed by atoms with Gasteiger partial charge in [-0.25, -0.2) is 8.42 Å². The quantitative estimate of drug-likeness (QED) is 0.758. The summed E-state index contributed by atoms with van der Waals surface area (Å²) in [4.78, 5) is 16.5. The van der Waals surface area contributed by atoms with Gasteiger partial charge in [0.05, 0.1) is 24.1 Å². The first-order valence-corrected chi connectivity index (χ1v) is 10.9. The minimum absolute atomic E-state index is 0.0144. The van der Waals surface area contributed by atoms with Gasteiger partial charge in [0.15, 0.2) is 9.84 Å². The lowest BCUT2D eigenvalue weighted by Crippen LogP contribution is -2.62. The van der Waals surface area contributed by atoms with E-state index in [1.807, 2.05) is 24.3 Å². The number of hydrogen-bond donors (Lipinski definition) is 0. The molecule has 7 heteroatoms. The molecule has 5 nitrogen and oxygen atoms in total. The Labute approximate surface area is 152 Å². The molecule has 0 radical (unpaired) electrons. The van der Waals surface area contributed by atoms with E-state index < -0.39 is 9.84 Å². The van der Waals surface area contributed by atoms with Crippen LogP contribution in [0.3, 0.4) is 0 Å². The molecule has 0 spiro atoms. The van der Waals surface area contributed by atoms with Crippen LogP contribution in [0.25, 0.3) is 0 Å². The second-order valence-electron chi connectivity index (χ2n) is 7.10. The summed E-state index contributed by atoms with van der Waals surface area (Å²) in [6.45, 7) is 5.35. The molecular formula is C17H23BrN2O3S. The van der Waals surface area contributed by atoms with Gasteiger partial charge in [0.1, 0.15) is 0 Å². The van der Waals surface area contributed by atoms with Gasteiger partial charge in [-0.1, -0.05) is 29.8 Å². The van der Waals surface area contributed by atoms with Crippen molar-refractivity contribution in [2.75, 3.05) is 29.5 Å². The molecule has 0 aliphatic carbocycles. The monoisotopic (exact) mass is 414 g/mol. The van der Waals surface area contributed by atoms with Crippen molar-refractivity contribution in [3.8, 4) is 0 Å². The van der Waals surface area contributed by atoms with E-state index in [0.717, 1.165) is 23.1 Å². The molecule has 1 aromatic carbocycles. The van der Waals surface area contributed by atoms with E-state index in [1.54, 1.807) is 4.90 Å². The average molecular weight is 415 g/mol. The third-order valence-electron chi connectivity index (χ3n) is 4.80. The first-order chi connectivity index (χ1) is 11.3. The number of halogens is 1. The summed E-state index contributed by atoms with van der Waals surface area (Å²) in [5, 5.41) is 0. The highest BCUT2D eigenvalue weighted by Gasteiger charge is 2.49. The highest BCUT2D eigenvalue weighted by molar-refractivity contribution is 9.10. The maximum Gasteiger partial charge on any atom is 0.241 e. The smallest absolute Gasteiger partial charge is 0.241 e. The minimum atomic E-state index is -3.12. The van der Waals surface area contributed by atoms with Crippen molar-refractivity contribution in [1.82, 2.24) is 4.90 Å². The van der Waals surface area contributed by atoms with E-state index in [1.165, 1.54) is 0 Å². The molecule has 132 valence electrons. The highest BCUT2D eigenvalue weighted by atomic mass is 79.9. The zero-order valence-electron chi connectivity index (χ0n) is 14.0. The predicted octanol–water partition coefficient (Wildman–Crippen LogP) is 2.31. The van der Waals surface area contributed by atoms with Crippen LogP contribution in [0.2, 0.25) is 0 Å². The van der Waals surface area contributed by atoms with Crippen LogP contribution in [0.4, 0.5) is 5.69 Å². The Balaban J connectivity index is 1.90. The fourth-order valence-corrected chi connectivity index (χ4v) is 5.81. The van der Waals surface area contributed by atoms with E-state index in [2.05, 4.69) is 34.7 Å². The van der Waals surface area contributed by atoms with Gasteiger partial charge in [0.25, 0.3) is 0 Å². The summed E-state index contributed by atoms with van der Waals surface area (Å²) in [6.07, 6.45) is 0.967. The second-order valence-corrected chi connectivity index (χ2v) is 10.2. The van der Waals surface area contributed by atoms with Crippen LogP contribution in [0.15, 0.2) is 28.7 Å². The van der Waals surface area contributed by atoms with Crippen LogP contribution >= 0.6 is 15.9 Å². The Morgan fingerprint density at radius 2 is 1.79 bits per heavy atom. The van der Waals surface area contributed by atoms with Crippen LogP contribution in [0.1, 0.15) is 20.3 Å². The van der Waals surface area contributed by atoms with Crippen molar-refractivity contribution in [2.45, 2.75) is 32.4 Å². The first-order valence-electron chi connectivity index (χ1n) is 8.29. The van der Waals surface area contributed by atoms with E-state index in [0.29, 0.717) is 12.5 Å². The normalized spacial score (nSPS) is 26.8. The Hall–Kier alpha value is -0.920. The Morgan fingerprint density at radius 3 is 2.42 bits per heavy atom. The number of fused-ring (bicyclic) bond motifs is 1. The van der Waals surface area contributed by atoms with Crippen molar-refractivity contribution < 1.29 is 13.2 Å². The second kappa shape index (κ2) is 6.77. The van der Waals surface area contributed by atoms with Gasteiger partial charge in [0, 0.05) is 16.2 Å². The van der Waals surface area contributed by atoms with Gasteiger partial charge in [-0.3, -0.25) is 9.69 Å². The summed E-state index contributed by atoms with van der Waals surface area (Å²) in [7, 11) is -3.12. The van der Waals surface area contributed by atoms with E-state index in [-0.39, 0.29) is 29.5 Å². The molecule has 24 heavy (non-hydrogen) atoms.